The topological polar surface area (TPSA) is 89.4 Å². The monoisotopic (exact) mass is 632 g/mol. The maximum Gasteiger partial charge on any atom is 0.356 e. The number of Topliss-reactive ketones (excluding diaryl/α,β-unsaturated/α-hetero) is 1. The quantitative estimate of drug-likeness (QED) is 0.156. The van der Waals surface area contributed by atoms with Gasteiger partial charge in [-0.05, 0) is 82.4 Å². The average Bonchev–Trinajstić information content (AvgIpc) is 3.04. The van der Waals surface area contributed by atoms with Crippen LogP contribution in [-0.4, -0.2) is 33.9 Å². The molecule has 2 heterocycles. The first-order valence-corrected chi connectivity index (χ1v) is 14.9. The van der Waals surface area contributed by atoms with Crippen LogP contribution in [-0.2, 0) is 22.4 Å². The van der Waals surface area contributed by atoms with Crippen molar-refractivity contribution in [2.75, 3.05) is 7.11 Å². The first kappa shape index (κ1) is 28.5. The number of ketones is 1. The van der Waals surface area contributed by atoms with Crippen LogP contribution in [0, 0.1) is 0 Å². The summed E-state index contributed by atoms with van der Waals surface area (Å²) in [6, 6.07) is 27.9. The van der Waals surface area contributed by atoms with Crippen LogP contribution in [0.3, 0.4) is 0 Å². The number of phenols is 1. The van der Waals surface area contributed by atoms with Gasteiger partial charge in [0, 0.05) is 33.8 Å². The molecule has 0 fully saturated rings. The zero-order chi connectivity index (χ0) is 29.9. The van der Waals surface area contributed by atoms with Crippen LogP contribution in [0.4, 0.5) is 0 Å². The van der Waals surface area contributed by atoms with Gasteiger partial charge >= 0.3 is 5.97 Å². The van der Waals surface area contributed by atoms with Crippen LogP contribution in [0.2, 0.25) is 0 Å². The fraction of sp³-hybridized carbons (Fsp3) is 0.167. The Hall–Kier alpha value is -4.62. The van der Waals surface area contributed by atoms with Crippen molar-refractivity contribution in [1.29, 1.82) is 0 Å². The standard InChI is InChI=1S/C26H21BrO2.C10H8N2O2/c27-18-7-9-19-17(14-18)15-25(29)26-22(19)11-10-20-21(24(28)13-12-23(20)26)8-6-16-4-2-1-3-5-16;1-14-10(13)8-5-7-3-2-4-11-9(7)6-12-8/h1-5,7,9-11,14-15,21,29H,6,8,12-13H2;2-6H,1H3. The summed E-state index contributed by atoms with van der Waals surface area (Å²) in [5.41, 5.74) is 4.56. The van der Waals surface area contributed by atoms with E-state index in [4.69, 9.17) is 0 Å². The number of fused-ring (bicyclic) bond motifs is 6. The van der Waals surface area contributed by atoms with Gasteiger partial charge in [-0.2, -0.15) is 0 Å². The number of carbonyl (C=O) groups is 2. The number of aromatic hydroxyl groups is 1. The van der Waals surface area contributed by atoms with Gasteiger partial charge in [-0.25, -0.2) is 9.78 Å². The predicted molar refractivity (Wildman–Crippen MR) is 173 cm³/mol. The lowest BCUT2D eigenvalue weighted by Gasteiger charge is -2.26. The van der Waals surface area contributed by atoms with E-state index in [0.717, 1.165) is 60.9 Å². The lowest BCUT2D eigenvalue weighted by molar-refractivity contribution is -0.121. The molecule has 1 unspecified atom stereocenters. The van der Waals surface area contributed by atoms with Gasteiger partial charge in [0.05, 0.1) is 18.8 Å². The third-order valence-corrected chi connectivity index (χ3v) is 8.53. The van der Waals surface area contributed by atoms with Crippen LogP contribution in [0.5, 0.6) is 5.75 Å². The van der Waals surface area contributed by atoms with Crippen molar-refractivity contribution in [2.24, 2.45) is 0 Å². The number of phenolic OH excluding ortho intramolecular Hbond substituents is 1. The second-order valence-corrected chi connectivity index (χ2v) is 11.5. The largest absolute Gasteiger partial charge is 0.507 e. The molecule has 1 N–H and O–H groups in total. The summed E-state index contributed by atoms with van der Waals surface area (Å²) in [4.78, 5) is 32.0. The Morgan fingerprint density at radius 2 is 1.74 bits per heavy atom. The number of carbonyl (C=O) groups excluding carboxylic acids is 2. The van der Waals surface area contributed by atoms with Gasteiger partial charge in [0.2, 0.25) is 0 Å². The van der Waals surface area contributed by atoms with Crippen molar-refractivity contribution in [1.82, 2.24) is 9.97 Å². The number of aryl methyl sites for hydroxylation is 2. The van der Waals surface area contributed by atoms with E-state index in [1.807, 2.05) is 48.5 Å². The van der Waals surface area contributed by atoms with Crippen LogP contribution >= 0.6 is 15.9 Å². The minimum atomic E-state index is -0.434. The minimum absolute atomic E-state index is 0.0941. The highest BCUT2D eigenvalue weighted by Gasteiger charge is 2.29. The second-order valence-electron chi connectivity index (χ2n) is 10.6. The molecule has 7 rings (SSSR count). The summed E-state index contributed by atoms with van der Waals surface area (Å²) in [5.74, 6) is 0.0923. The molecule has 1 aliphatic rings. The molecular weight excluding hydrogens is 604 g/mol. The highest BCUT2D eigenvalue weighted by molar-refractivity contribution is 9.10. The normalized spacial score (nSPS) is 14.3. The molecule has 0 aliphatic heterocycles. The Kier molecular flexibility index (Phi) is 8.16. The van der Waals surface area contributed by atoms with E-state index in [2.05, 4.69) is 61.0 Å². The Labute approximate surface area is 257 Å². The molecule has 43 heavy (non-hydrogen) atoms. The fourth-order valence-corrected chi connectivity index (χ4v) is 6.33. The fourth-order valence-electron chi connectivity index (χ4n) is 5.95. The van der Waals surface area contributed by atoms with Crippen molar-refractivity contribution >= 4 is 60.1 Å². The number of methoxy groups -OCH3 is 1. The van der Waals surface area contributed by atoms with Crippen molar-refractivity contribution in [3.63, 3.8) is 0 Å². The first-order valence-electron chi connectivity index (χ1n) is 14.2. The summed E-state index contributed by atoms with van der Waals surface area (Å²) >= 11 is 3.51. The number of aromatic nitrogens is 2. The smallest absolute Gasteiger partial charge is 0.356 e. The Morgan fingerprint density at radius 1 is 0.930 bits per heavy atom. The third-order valence-electron chi connectivity index (χ3n) is 8.04. The molecular formula is C36H29BrN2O4. The predicted octanol–water partition coefficient (Wildman–Crippen LogP) is 8.11. The van der Waals surface area contributed by atoms with Gasteiger partial charge in [0.25, 0.3) is 0 Å². The summed E-state index contributed by atoms with van der Waals surface area (Å²) in [6.07, 6.45) is 6.17. The Bertz CT molecular complexity index is 1990. The number of pyridine rings is 2. The van der Waals surface area contributed by atoms with E-state index < -0.39 is 5.97 Å². The molecule has 0 saturated heterocycles. The molecule has 214 valence electrons. The molecule has 1 aliphatic carbocycles. The summed E-state index contributed by atoms with van der Waals surface area (Å²) in [5, 5.41) is 15.9. The second kappa shape index (κ2) is 12.3. The van der Waals surface area contributed by atoms with Crippen LogP contribution in [0.15, 0.2) is 102 Å². The average molecular weight is 634 g/mol. The number of hydrogen-bond acceptors (Lipinski definition) is 6. The Balaban J connectivity index is 0.000000197. The molecule has 7 heteroatoms. The van der Waals surface area contributed by atoms with Gasteiger partial charge in [0.15, 0.2) is 0 Å². The van der Waals surface area contributed by atoms with E-state index in [1.54, 1.807) is 18.5 Å². The number of hydrogen-bond donors (Lipinski definition) is 1. The molecule has 0 radical (unpaired) electrons. The van der Waals surface area contributed by atoms with E-state index in [1.165, 1.54) is 12.7 Å². The zero-order valence-corrected chi connectivity index (χ0v) is 25.2. The van der Waals surface area contributed by atoms with E-state index in [9.17, 15) is 14.7 Å². The van der Waals surface area contributed by atoms with Crippen molar-refractivity contribution in [3.8, 4) is 5.75 Å². The summed E-state index contributed by atoms with van der Waals surface area (Å²) in [6.45, 7) is 0. The Morgan fingerprint density at radius 3 is 2.56 bits per heavy atom. The number of esters is 1. The maximum absolute atomic E-state index is 12.8. The van der Waals surface area contributed by atoms with Crippen LogP contribution in [0.1, 0.15) is 45.9 Å². The van der Waals surface area contributed by atoms with Crippen LogP contribution in [0.25, 0.3) is 32.4 Å². The first-order chi connectivity index (χ1) is 20.9. The number of benzene rings is 4. The van der Waals surface area contributed by atoms with Gasteiger partial charge < -0.3 is 9.84 Å². The van der Waals surface area contributed by atoms with Gasteiger partial charge in [0.1, 0.15) is 17.2 Å². The molecule has 0 spiro atoms. The number of ether oxygens (including phenoxy) is 1. The molecule has 2 aromatic heterocycles. The highest BCUT2D eigenvalue weighted by Crippen LogP contribution is 2.42. The number of halogens is 1. The van der Waals surface area contributed by atoms with E-state index in [0.29, 0.717) is 30.1 Å². The van der Waals surface area contributed by atoms with E-state index >= 15 is 0 Å². The zero-order valence-electron chi connectivity index (χ0n) is 23.6. The van der Waals surface area contributed by atoms with Gasteiger partial charge in [-0.1, -0.05) is 70.5 Å². The van der Waals surface area contributed by atoms with Gasteiger partial charge in [-0.15, -0.1) is 0 Å². The summed E-state index contributed by atoms with van der Waals surface area (Å²) < 4.78 is 5.56. The van der Waals surface area contributed by atoms with Gasteiger partial charge in [-0.3, -0.25) is 9.78 Å². The molecule has 0 bridgehead atoms. The highest BCUT2D eigenvalue weighted by atomic mass is 79.9. The molecule has 0 amide bonds. The maximum atomic E-state index is 12.8. The number of nitrogens with zero attached hydrogens (tertiary/aromatic N) is 2. The molecule has 1 atom stereocenters. The van der Waals surface area contributed by atoms with Crippen molar-refractivity contribution in [3.05, 3.63) is 124 Å². The van der Waals surface area contributed by atoms with Crippen molar-refractivity contribution < 1.29 is 19.4 Å². The van der Waals surface area contributed by atoms with Crippen molar-refractivity contribution in [2.45, 2.75) is 31.6 Å². The lowest BCUT2D eigenvalue weighted by atomic mass is 9.76. The summed E-state index contributed by atoms with van der Waals surface area (Å²) in [7, 11) is 1.33. The molecule has 6 nitrogen and oxygen atoms in total. The number of rotatable bonds is 4. The van der Waals surface area contributed by atoms with E-state index in [-0.39, 0.29) is 5.92 Å². The molecule has 0 saturated carbocycles. The van der Waals surface area contributed by atoms with Crippen LogP contribution < -0.4 is 0 Å². The minimum Gasteiger partial charge on any atom is -0.507 e. The molecule has 6 aromatic rings. The third kappa shape index (κ3) is 5.86. The molecule has 4 aromatic carbocycles. The lowest BCUT2D eigenvalue weighted by Crippen LogP contribution is -2.21. The SMILES string of the molecule is COC(=O)c1cc2cccnc2cn1.O=C1CCc2c(ccc3c2c(O)cc2cc(Br)ccc23)C1CCc1ccccc1.